The Morgan fingerprint density at radius 2 is 2.03 bits per heavy atom. The highest BCUT2D eigenvalue weighted by molar-refractivity contribution is 8.00. The lowest BCUT2D eigenvalue weighted by Gasteiger charge is -2.15. The van der Waals surface area contributed by atoms with Crippen LogP contribution < -0.4 is 5.32 Å². The zero-order chi connectivity index (χ0) is 22.1. The Bertz CT molecular complexity index is 1260. The minimum absolute atomic E-state index is 0.0344. The SMILES string of the molecule is Cc1ccc(-c2nc3ccccc3c3nnc(S[C@@H](C)C(=O)NC[C@H]4CCCO4)n23)cc1. The van der Waals surface area contributed by atoms with Gasteiger partial charge in [0.15, 0.2) is 10.8 Å². The molecule has 2 aromatic heterocycles. The van der Waals surface area contributed by atoms with Crippen LogP contribution in [-0.4, -0.2) is 50.0 Å². The highest BCUT2D eigenvalue weighted by Crippen LogP contribution is 2.30. The summed E-state index contributed by atoms with van der Waals surface area (Å²) in [5.74, 6) is 0.728. The Balaban J connectivity index is 1.49. The van der Waals surface area contributed by atoms with Gasteiger partial charge >= 0.3 is 0 Å². The number of nitrogens with one attached hydrogen (secondary N) is 1. The molecule has 7 nitrogen and oxygen atoms in total. The molecule has 1 fully saturated rings. The molecule has 1 aliphatic rings. The normalized spacial score (nSPS) is 17.1. The third-order valence-electron chi connectivity index (χ3n) is 5.71. The van der Waals surface area contributed by atoms with Crippen molar-refractivity contribution in [2.24, 2.45) is 0 Å². The summed E-state index contributed by atoms with van der Waals surface area (Å²) in [6.45, 7) is 5.27. The molecule has 164 valence electrons. The van der Waals surface area contributed by atoms with E-state index in [0.717, 1.165) is 47.4 Å². The summed E-state index contributed by atoms with van der Waals surface area (Å²) in [4.78, 5) is 17.6. The standard InChI is InChI=1S/C24H25N5O2S/c1-15-9-11-17(12-10-15)21-26-20-8-4-3-7-19(20)22-27-28-24(29(21)22)32-16(2)23(30)25-14-18-6-5-13-31-18/h3-4,7-12,16,18H,5-6,13-14H2,1-2H3,(H,25,30)/t16-,18+/m0/s1. The summed E-state index contributed by atoms with van der Waals surface area (Å²) in [6, 6.07) is 16.2. The average molecular weight is 448 g/mol. The fourth-order valence-corrected chi connectivity index (χ4v) is 4.78. The van der Waals surface area contributed by atoms with Crippen LogP contribution in [0.4, 0.5) is 0 Å². The molecule has 2 aromatic carbocycles. The summed E-state index contributed by atoms with van der Waals surface area (Å²) in [6.07, 6.45) is 2.17. The molecule has 1 N–H and O–H groups in total. The highest BCUT2D eigenvalue weighted by Gasteiger charge is 2.23. The molecule has 0 radical (unpaired) electrons. The van der Waals surface area contributed by atoms with Crippen LogP contribution in [0.3, 0.4) is 0 Å². The number of fused-ring (bicyclic) bond motifs is 3. The van der Waals surface area contributed by atoms with E-state index in [0.29, 0.717) is 11.7 Å². The Morgan fingerprint density at radius 3 is 2.81 bits per heavy atom. The van der Waals surface area contributed by atoms with Gasteiger partial charge in [-0.1, -0.05) is 53.7 Å². The Kier molecular flexibility index (Phi) is 5.80. The van der Waals surface area contributed by atoms with Crippen molar-refractivity contribution in [3.8, 4) is 11.4 Å². The van der Waals surface area contributed by atoms with Crippen molar-refractivity contribution in [2.45, 2.75) is 43.2 Å². The highest BCUT2D eigenvalue weighted by atomic mass is 32.2. The van der Waals surface area contributed by atoms with Gasteiger partial charge < -0.3 is 10.1 Å². The number of para-hydroxylation sites is 1. The van der Waals surface area contributed by atoms with E-state index in [2.05, 4.69) is 46.7 Å². The number of hydrogen-bond acceptors (Lipinski definition) is 6. The molecule has 3 heterocycles. The van der Waals surface area contributed by atoms with Crippen LogP contribution >= 0.6 is 11.8 Å². The van der Waals surface area contributed by atoms with E-state index in [1.165, 1.54) is 17.3 Å². The molecule has 5 rings (SSSR count). The van der Waals surface area contributed by atoms with Crippen molar-refractivity contribution < 1.29 is 9.53 Å². The van der Waals surface area contributed by atoms with Crippen molar-refractivity contribution in [1.29, 1.82) is 0 Å². The van der Waals surface area contributed by atoms with Crippen molar-refractivity contribution >= 4 is 34.2 Å². The smallest absolute Gasteiger partial charge is 0.233 e. The Morgan fingerprint density at radius 1 is 1.22 bits per heavy atom. The van der Waals surface area contributed by atoms with Crippen molar-refractivity contribution in [3.63, 3.8) is 0 Å². The van der Waals surface area contributed by atoms with Gasteiger partial charge in [0, 0.05) is 24.1 Å². The van der Waals surface area contributed by atoms with Crippen LogP contribution in [0.25, 0.3) is 27.9 Å². The Labute approximate surface area is 190 Å². The lowest BCUT2D eigenvalue weighted by molar-refractivity contribution is -0.120. The van der Waals surface area contributed by atoms with E-state index >= 15 is 0 Å². The van der Waals surface area contributed by atoms with Crippen molar-refractivity contribution in [3.05, 3.63) is 54.1 Å². The van der Waals surface area contributed by atoms with Gasteiger partial charge in [0.2, 0.25) is 5.91 Å². The lowest BCUT2D eigenvalue weighted by Crippen LogP contribution is -2.36. The van der Waals surface area contributed by atoms with Crippen LogP contribution in [0.15, 0.2) is 53.7 Å². The van der Waals surface area contributed by atoms with Gasteiger partial charge in [-0.3, -0.25) is 9.20 Å². The number of carbonyl (C=O) groups is 1. The van der Waals surface area contributed by atoms with E-state index in [9.17, 15) is 4.79 Å². The van der Waals surface area contributed by atoms with Gasteiger partial charge in [0.05, 0.1) is 16.9 Å². The van der Waals surface area contributed by atoms with Gasteiger partial charge in [-0.05, 0) is 38.8 Å². The summed E-state index contributed by atoms with van der Waals surface area (Å²) in [5.41, 5.74) is 3.76. The summed E-state index contributed by atoms with van der Waals surface area (Å²) in [7, 11) is 0. The molecule has 1 aliphatic heterocycles. The molecule has 0 saturated carbocycles. The van der Waals surface area contributed by atoms with Gasteiger partial charge in [0.1, 0.15) is 5.82 Å². The number of hydrogen-bond donors (Lipinski definition) is 1. The molecule has 8 heteroatoms. The third kappa shape index (κ3) is 4.08. The topological polar surface area (TPSA) is 81.4 Å². The second-order valence-electron chi connectivity index (χ2n) is 8.10. The number of rotatable bonds is 6. The fourth-order valence-electron chi connectivity index (χ4n) is 3.91. The van der Waals surface area contributed by atoms with Gasteiger partial charge in [0.25, 0.3) is 0 Å². The van der Waals surface area contributed by atoms with Crippen LogP contribution in [0.1, 0.15) is 25.3 Å². The van der Waals surface area contributed by atoms with Crippen molar-refractivity contribution in [1.82, 2.24) is 24.9 Å². The van der Waals surface area contributed by atoms with Crippen LogP contribution in [0, 0.1) is 6.92 Å². The van der Waals surface area contributed by atoms with Crippen molar-refractivity contribution in [2.75, 3.05) is 13.2 Å². The molecule has 2 atom stereocenters. The number of aryl methyl sites for hydroxylation is 1. The lowest BCUT2D eigenvalue weighted by atomic mass is 10.1. The predicted octanol–water partition coefficient (Wildman–Crippen LogP) is 4.03. The first-order valence-electron chi connectivity index (χ1n) is 10.9. The summed E-state index contributed by atoms with van der Waals surface area (Å²) < 4.78 is 7.56. The van der Waals surface area contributed by atoms with Crippen LogP contribution in [-0.2, 0) is 9.53 Å². The van der Waals surface area contributed by atoms with Gasteiger partial charge in [-0.2, -0.15) is 0 Å². The molecule has 1 saturated heterocycles. The van der Waals surface area contributed by atoms with E-state index in [4.69, 9.17) is 9.72 Å². The summed E-state index contributed by atoms with van der Waals surface area (Å²) >= 11 is 1.39. The average Bonchev–Trinajstić information content (AvgIpc) is 3.48. The van der Waals surface area contributed by atoms with Gasteiger partial charge in [-0.15, -0.1) is 10.2 Å². The first kappa shape index (κ1) is 20.9. The molecule has 32 heavy (non-hydrogen) atoms. The predicted molar refractivity (Wildman–Crippen MR) is 126 cm³/mol. The monoisotopic (exact) mass is 447 g/mol. The van der Waals surface area contributed by atoms with Crippen LogP contribution in [0.5, 0.6) is 0 Å². The molecule has 1 amide bonds. The quantitative estimate of drug-likeness (QED) is 0.450. The fraction of sp³-hybridized carbons (Fsp3) is 0.333. The second kappa shape index (κ2) is 8.88. The van der Waals surface area contributed by atoms with E-state index in [1.807, 2.05) is 35.6 Å². The molecule has 4 aromatic rings. The zero-order valence-corrected chi connectivity index (χ0v) is 18.9. The molecule has 0 spiro atoms. The maximum Gasteiger partial charge on any atom is 0.233 e. The maximum absolute atomic E-state index is 12.7. The number of amides is 1. The van der Waals surface area contributed by atoms with E-state index in [1.54, 1.807) is 0 Å². The number of nitrogens with zero attached hydrogens (tertiary/aromatic N) is 4. The number of aromatic nitrogens is 4. The molecule has 0 aliphatic carbocycles. The third-order valence-corrected chi connectivity index (χ3v) is 6.75. The zero-order valence-electron chi connectivity index (χ0n) is 18.1. The minimum Gasteiger partial charge on any atom is -0.376 e. The maximum atomic E-state index is 12.7. The largest absolute Gasteiger partial charge is 0.376 e. The Hall–Kier alpha value is -2.97. The summed E-state index contributed by atoms with van der Waals surface area (Å²) in [5, 5.41) is 13.2. The number of ether oxygens (including phenoxy) is 1. The molecule has 0 bridgehead atoms. The minimum atomic E-state index is -0.332. The first-order valence-corrected chi connectivity index (χ1v) is 11.7. The van der Waals surface area contributed by atoms with Crippen LogP contribution in [0.2, 0.25) is 0 Å². The van der Waals surface area contributed by atoms with E-state index in [-0.39, 0.29) is 17.3 Å². The second-order valence-corrected chi connectivity index (χ2v) is 9.41. The molecular weight excluding hydrogens is 422 g/mol. The number of thioether (sulfide) groups is 1. The molecular formula is C24H25N5O2S. The number of benzene rings is 2. The number of carbonyl (C=O) groups excluding carboxylic acids is 1. The van der Waals surface area contributed by atoms with Gasteiger partial charge in [-0.25, -0.2) is 4.98 Å². The first-order chi connectivity index (χ1) is 15.6. The van der Waals surface area contributed by atoms with E-state index < -0.39 is 0 Å². The molecule has 0 unspecified atom stereocenters.